The SMILES string of the molecule is CCc1nc(CN2CCN(C(=O)C(C)O)CC2)no1. The van der Waals surface area contributed by atoms with Crippen LogP contribution in [0, 0.1) is 0 Å². The number of hydrogen-bond acceptors (Lipinski definition) is 6. The van der Waals surface area contributed by atoms with E-state index in [1.165, 1.54) is 6.92 Å². The average Bonchev–Trinajstić information content (AvgIpc) is 2.86. The van der Waals surface area contributed by atoms with E-state index >= 15 is 0 Å². The molecule has 1 aliphatic rings. The summed E-state index contributed by atoms with van der Waals surface area (Å²) in [6, 6.07) is 0. The van der Waals surface area contributed by atoms with Gasteiger partial charge in [0.25, 0.3) is 5.91 Å². The summed E-state index contributed by atoms with van der Waals surface area (Å²) in [4.78, 5) is 19.8. The van der Waals surface area contributed by atoms with Gasteiger partial charge >= 0.3 is 0 Å². The maximum atomic E-state index is 11.6. The minimum absolute atomic E-state index is 0.201. The molecule has 1 aromatic heterocycles. The summed E-state index contributed by atoms with van der Waals surface area (Å²) in [5, 5.41) is 13.2. The molecule has 1 aliphatic heterocycles. The molecule has 1 aromatic rings. The Balaban J connectivity index is 1.81. The third-order valence-corrected chi connectivity index (χ3v) is 3.22. The summed E-state index contributed by atoms with van der Waals surface area (Å²) >= 11 is 0. The van der Waals surface area contributed by atoms with Crippen LogP contribution in [0.4, 0.5) is 0 Å². The molecular formula is C12H20N4O3. The van der Waals surface area contributed by atoms with Gasteiger partial charge in [0.1, 0.15) is 6.10 Å². The van der Waals surface area contributed by atoms with E-state index in [2.05, 4.69) is 15.0 Å². The zero-order chi connectivity index (χ0) is 13.8. The van der Waals surface area contributed by atoms with Crippen molar-refractivity contribution in [2.45, 2.75) is 32.9 Å². The summed E-state index contributed by atoms with van der Waals surface area (Å²) in [5.74, 6) is 1.14. The Hall–Kier alpha value is -1.47. The molecule has 0 saturated carbocycles. The molecule has 2 heterocycles. The highest BCUT2D eigenvalue weighted by Crippen LogP contribution is 2.08. The molecular weight excluding hydrogens is 248 g/mol. The third-order valence-electron chi connectivity index (χ3n) is 3.22. The Kier molecular flexibility index (Phi) is 4.49. The highest BCUT2D eigenvalue weighted by Gasteiger charge is 2.24. The van der Waals surface area contributed by atoms with Crippen molar-refractivity contribution in [3.05, 3.63) is 11.7 Å². The predicted molar refractivity (Wildman–Crippen MR) is 67.2 cm³/mol. The zero-order valence-corrected chi connectivity index (χ0v) is 11.4. The molecule has 7 nitrogen and oxygen atoms in total. The lowest BCUT2D eigenvalue weighted by Crippen LogP contribution is -2.50. The number of amides is 1. The normalized spacial score (nSPS) is 18.6. The Morgan fingerprint density at radius 1 is 1.42 bits per heavy atom. The second-order valence-electron chi connectivity index (χ2n) is 4.74. The van der Waals surface area contributed by atoms with Crippen LogP contribution in [0.5, 0.6) is 0 Å². The first-order valence-electron chi connectivity index (χ1n) is 6.60. The van der Waals surface area contributed by atoms with Gasteiger partial charge in [0, 0.05) is 32.6 Å². The number of aliphatic hydroxyl groups is 1. The largest absolute Gasteiger partial charge is 0.384 e. The van der Waals surface area contributed by atoms with Gasteiger partial charge in [0.2, 0.25) is 5.89 Å². The first-order chi connectivity index (χ1) is 9.10. The van der Waals surface area contributed by atoms with Crippen LogP contribution in [0.2, 0.25) is 0 Å². The molecule has 1 fully saturated rings. The molecule has 0 spiro atoms. The molecule has 0 aliphatic carbocycles. The first-order valence-corrected chi connectivity index (χ1v) is 6.60. The van der Waals surface area contributed by atoms with Crippen LogP contribution in [0.1, 0.15) is 25.6 Å². The molecule has 1 unspecified atom stereocenters. The van der Waals surface area contributed by atoms with Gasteiger partial charge < -0.3 is 14.5 Å². The minimum Gasteiger partial charge on any atom is -0.384 e. The molecule has 106 valence electrons. The Morgan fingerprint density at radius 3 is 2.63 bits per heavy atom. The van der Waals surface area contributed by atoms with E-state index in [-0.39, 0.29) is 5.91 Å². The van der Waals surface area contributed by atoms with Gasteiger partial charge in [0.15, 0.2) is 5.82 Å². The second-order valence-corrected chi connectivity index (χ2v) is 4.74. The van der Waals surface area contributed by atoms with E-state index in [9.17, 15) is 9.90 Å². The summed E-state index contributed by atoms with van der Waals surface area (Å²) in [6.45, 7) is 6.88. The minimum atomic E-state index is -0.920. The lowest BCUT2D eigenvalue weighted by molar-refractivity contribution is -0.141. The highest BCUT2D eigenvalue weighted by molar-refractivity contribution is 5.80. The van der Waals surface area contributed by atoms with Crippen molar-refractivity contribution in [3.8, 4) is 0 Å². The molecule has 1 N–H and O–H groups in total. The van der Waals surface area contributed by atoms with E-state index in [1.807, 2.05) is 6.92 Å². The second kappa shape index (κ2) is 6.12. The van der Waals surface area contributed by atoms with Crippen LogP contribution in [0.3, 0.4) is 0 Å². The summed E-state index contributed by atoms with van der Waals surface area (Å²) in [5.41, 5.74) is 0. The number of aromatic nitrogens is 2. The fraction of sp³-hybridized carbons (Fsp3) is 0.750. The molecule has 1 saturated heterocycles. The smallest absolute Gasteiger partial charge is 0.251 e. The van der Waals surface area contributed by atoms with Crippen LogP contribution in [0.25, 0.3) is 0 Å². The van der Waals surface area contributed by atoms with Crippen LogP contribution in [-0.2, 0) is 17.8 Å². The third kappa shape index (κ3) is 3.51. The van der Waals surface area contributed by atoms with Crippen molar-refractivity contribution in [2.75, 3.05) is 26.2 Å². The van der Waals surface area contributed by atoms with Gasteiger partial charge in [-0.25, -0.2) is 0 Å². The van der Waals surface area contributed by atoms with Crippen LogP contribution >= 0.6 is 0 Å². The van der Waals surface area contributed by atoms with Crippen LogP contribution < -0.4 is 0 Å². The molecule has 19 heavy (non-hydrogen) atoms. The lowest BCUT2D eigenvalue weighted by atomic mass is 10.2. The number of piperazine rings is 1. The van der Waals surface area contributed by atoms with E-state index in [0.29, 0.717) is 31.3 Å². The molecule has 0 aromatic carbocycles. The van der Waals surface area contributed by atoms with Crippen molar-refractivity contribution >= 4 is 5.91 Å². The van der Waals surface area contributed by atoms with Crippen molar-refractivity contribution < 1.29 is 14.4 Å². The Labute approximate surface area is 112 Å². The van der Waals surface area contributed by atoms with Crippen molar-refractivity contribution in [3.63, 3.8) is 0 Å². The van der Waals surface area contributed by atoms with Gasteiger partial charge in [0.05, 0.1) is 6.54 Å². The van der Waals surface area contributed by atoms with E-state index in [1.54, 1.807) is 4.90 Å². The number of hydrogen-bond donors (Lipinski definition) is 1. The molecule has 2 rings (SSSR count). The van der Waals surface area contributed by atoms with Crippen LogP contribution in [0.15, 0.2) is 4.52 Å². The van der Waals surface area contributed by atoms with Crippen molar-refractivity contribution in [1.82, 2.24) is 19.9 Å². The molecule has 0 bridgehead atoms. The topological polar surface area (TPSA) is 82.7 Å². The molecule has 1 atom stereocenters. The predicted octanol–water partition coefficient (Wildman–Crippen LogP) is -0.343. The number of aliphatic hydroxyl groups excluding tert-OH is 1. The molecule has 7 heteroatoms. The Morgan fingerprint density at radius 2 is 2.11 bits per heavy atom. The highest BCUT2D eigenvalue weighted by atomic mass is 16.5. The molecule has 0 radical (unpaired) electrons. The van der Waals surface area contributed by atoms with Gasteiger partial charge in [-0.1, -0.05) is 12.1 Å². The summed E-state index contributed by atoms with van der Waals surface area (Å²) in [7, 11) is 0. The quantitative estimate of drug-likeness (QED) is 0.804. The van der Waals surface area contributed by atoms with E-state index < -0.39 is 6.10 Å². The van der Waals surface area contributed by atoms with Gasteiger partial charge in [-0.05, 0) is 6.92 Å². The number of carbonyl (C=O) groups is 1. The van der Waals surface area contributed by atoms with Gasteiger partial charge in [-0.15, -0.1) is 0 Å². The number of carbonyl (C=O) groups excluding carboxylic acids is 1. The maximum absolute atomic E-state index is 11.6. The van der Waals surface area contributed by atoms with Crippen molar-refractivity contribution in [1.29, 1.82) is 0 Å². The Bertz CT molecular complexity index is 424. The summed E-state index contributed by atoms with van der Waals surface area (Å²) < 4.78 is 5.06. The van der Waals surface area contributed by atoms with Gasteiger partial charge in [-0.2, -0.15) is 4.98 Å². The summed E-state index contributed by atoms with van der Waals surface area (Å²) in [6.07, 6.45) is -0.181. The fourth-order valence-corrected chi connectivity index (χ4v) is 2.09. The van der Waals surface area contributed by atoms with Crippen LogP contribution in [-0.4, -0.2) is 63.2 Å². The van der Waals surface area contributed by atoms with E-state index in [4.69, 9.17) is 4.52 Å². The van der Waals surface area contributed by atoms with E-state index in [0.717, 1.165) is 19.5 Å². The van der Waals surface area contributed by atoms with Gasteiger partial charge in [-0.3, -0.25) is 9.69 Å². The lowest BCUT2D eigenvalue weighted by Gasteiger charge is -2.34. The monoisotopic (exact) mass is 268 g/mol. The number of nitrogens with zero attached hydrogens (tertiary/aromatic N) is 4. The zero-order valence-electron chi connectivity index (χ0n) is 11.4. The standard InChI is InChI=1S/C12H20N4O3/c1-3-11-13-10(14-19-11)8-15-4-6-16(7-5-15)12(18)9(2)17/h9,17H,3-8H2,1-2H3. The number of rotatable bonds is 4. The first kappa shape index (κ1) is 14.0. The fourth-order valence-electron chi connectivity index (χ4n) is 2.09. The molecule has 1 amide bonds. The average molecular weight is 268 g/mol. The van der Waals surface area contributed by atoms with Crippen molar-refractivity contribution in [2.24, 2.45) is 0 Å². The number of aryl methyl sites for hydroxylation is 1. The maximum Gasteiger partial charge on any atom is 0.251 e.